The van der Waals surface area contributed by atoms with E-state index >= 15 is 0 Å². The van der Waals surface area contributed by atoms with Crippen molar-refractivity contribution in [3.8, 4) is 5.75 Å². The lowest BCUT2D eigenvalue weighted by Gasteiger charge is -2.19. The second kappa shape index (κ2) is 6.53. The first-order chi connectivity index (χ1) is 9.65. The van der Waals surface area contributed by atoms with E-state index in [1.807, 2.05) is 25.4 Å². The number of pyridine rings is 1. The molecular weight excluding hydrogens is 248 g/mol. The summed E-state index contributed by atoms with van der Waals surface area (Å²) in [6.07, 6.45) is 2.71. The summed E-state index contributed by atoms with van der Waals surface area (Å²) in [6.45, 7) is 4.20. The van der Waals surface area contributed by atoms with Gasteiger partial charge < -0.3 is 10.1 Å². The first-order valence-corrected chi connectivity index (χ1v) is 6.88. The number of ether oxygens (including phenoxy) is 1. The number of hydrogen-bond donors (Lipinski definition) is 1. The van der Waals surface area contributed by atoms with Gasteiger partial charge in [-0.25, -0.2) is 0 Å². The molecule has 0 saturated heterocycles. The van der Waals surface area contributed by atoms with Gasteiger partial charge in [-0.3, -0.25) is 4.98 Å². The van der Waals surface area contributed by atoms with Crippen molar-refractivity contribution < 1.29 is 4.74 Å². The molecule has 0 aliphatic rings. The van der Waals surface area contributed by atoms with Crippen LogP contribution in [0, 0.1) is 13.8 Å². The zero-order chi connectivity index (χ0) is 14.5. The van der Waals surface area contributed by atoms with Crippen LogP contribution >= 0.6 is 0 Å². The molecule has 1 atom stereocenters. The Labute approximate surface area is 121 Å². The molecule has 1 aromatic carbocycles. The van der Waals surface area contributed by atoms with Crippen molar-refractivity contribution in [2.75, 3.05) is 14.2 Å². The Bertz CT molecular complexity index is 581. The van der Waals surface area contributed by atoms with Crippen LogP contribution in [0.25, 0.3) is 0 Å². The molecule has 1 N–H and O–H groups in total. The average molecular weight is 270 g/mol. The summed E-state index contributed by atoms with van der Waals surface area (Å²) in [7, 11) is 3.69. The number of aryl methyl sites for hydroxylation is 2. The maximum Gasteiger partial charge on any atom is 0.122 e. The van der Waals surface area contributed by atoms with Crippen LogP contribution < -0.4 is 10.1 Å². The SMILES string of the molecule is CNC(Cc1cc(C)ccc1OC)c1ncccc1C. The molecule has 2 rings (SSSR count). The van der Waals surface area contributed by atoms with Crippen LogP contribution in [0.1, 0.15) is 28.4 Å². The van der Waals surface area contributed by atoms with E-state index in [1.165, 1.54) is 16.7 Å². The van der Waals surface area contributed by atoms with Gasteiger partial charge in [0.15, 0.2) is 0 Å². The topological polar surface area (TPSA) is 34.1 Å². The third-order valence-corrected chi connectivity index (χ3v) is 3.59. The molecule has 106 valence electrons. The van der Waals surface area contributed by atoms with E-state index in [2.05, 4.69) is 42.3 Å². The number of hydrogen-bond acceptors (Lipinski definition) is 3. The molecule has 0 aliphatic heterocycles. The van der Waals surface area contributed by atoms with Crippen LogP contribution in [0.4, 0.5) is 0 Å². The Kier molecular flexibility index (Phi) is 4.74. The van der Waals surface area contributed by atoms with Crippen LogP contribution in [-0.2, 0) is 6.42 Å². The van der Waals surface area contributed by atoms with Gasteiger partial charge in [-0.2, -0.15) is 0 Å². The standard InChI is InChI=1S/C17H22N2O/c1-12-7-8-16(20-4)14(10-12)11-15(18-3)17-13(2)6-5-9-19-17/h5-10,15,18H,11H2,1-4H3. The number of benzene rings is 1. The van der Waals surface area contributed by atoms with Gasteiger partial charge in [0.25, 0.3) is 0 Å². The van der Waals surface area contributed by atoms with Crippen molar-refractivity contribution in [2.45, 2.75) is 26.3 Å². The predicted octanol–water partition coefficient (Wildman–Crippen LogP) is 3.21. The van der Waals surface area contributed by atoms with Crippen LogP contribution in [0.5, 0.6) is 5.75 Å². The fourth-order valence-electron chi connectivity index (χ4n) is 2.48. The lowest BCUT2D eigenvalue weighted by Crippen LogP contribution is -2.21. The maximum absolute atomic E-state index is 5.46. The highest BCUT2D eigenvalue weighted by Crippen LogP contribution is 2.26. The normalized spacial score (nSPS) is 12.2. The molecule has 1 aromatic heterocycles. The number of nitrogens with zero attached hydrogens (tertiary/aromatic N) is 1. The molecule has 0 saturated carbocycles. The molecule has 0 aliphatic carbocycles. The molecule has 3 heteroatoms. The minimum atomic E-state index is 0.187. The summed E-state index contributed by atoms with van der Waals surface area (Å²) in [5.74, 6) is 0.935. The lowest BCUT2D eigenvalue weighted by molar-refractivity contribution is 0.406. The summed E-state index contributed by atoms with van der Waals surface area (Å²) in [5.41, 5.74) is 4.75. The molecule has 0 radical (unpaired) electrons. The van der Waals surface area contributed by atoms with Crippen molar-refractivity contribution in [1.82, 2.24) is 10.3 Å². The molecule has 1 unspecified atom stereocenters. The van der Waals surface area contributed by atoms with E-state index in [-0.39, 0.29) is 6.04 Å². The van der Waals surface area contributed by atoms with Crippen molar-refractivity contribution in [1.29, 1.82) is 0 Å². The van der Waals surface area contributed by atoms with Gasteiger partial charge in [-0.1, -0.05) is 23.8 Å². The van der Waals surface area contributed by atoms with Crippen LogP contribution in [-0.4, -0.2) is 19.1 Å². The van der Waals surface area contributed by atoms with Gasteiger partial charge in [0.1, 0.15) is 5.75 Å². The highest BCUT2D eigenvalue weighted by Gasteiger charge is 2.16. The molecule has 0 spiro atoms. The first-order valence-electron chi connectivity index (χ1n) is 6.88. The Morgan fingerprint density at radius 2 is 2.05 bits per heavy atom. The van der Waals surface area contributed by atoms with Crippen molar-refractivity contribution in [2.24, 2.45) is 0 Å². The van der Waals surface area contributed by atoms with Gasteiger partial charge in [0, 0.05) is 6.20 Å². The Morgan fingerprint density at radius 1 is 1.25 bits per heavy atom. The molecule has 2 aromatic rings. The van der Waals surface area contributed by atoms with E-state index < -0.39 is 0 Å². The van der Waals surface area contributed by atoms with E-state index in [1.54, 1.807) is 7.11 Å². The summed E-state index contributed by atoms with van der Waals surface area (Å²) >= 11 is 0. The zero-order valence-corrected chi connectivity index (χ0v) is 12.6. The summed E-state index contributed by atoms with van der Waals surface area (Å²) in [6, 6.07) is 10.5. The van der Waals surface area contributed by atoms with Gasteiger partial charge in [-0.15, -0.1) is 0 Å². The maximum atomic E-state index is 5.46. The fraction of sp³-hybridized carbons (Fsp3) is 0.353. The van der Waals surface area contributed by atoms with E-state index in [0.717, 1.165) is 17.9 Å². The summed E-state index contributed by atoms with van der Waals surface area (Å²) in [4.78, 5) is 4.52. The first kappa shape index (κ1) is 14.5. The van der Waals surface area contributed by atoms with E-state index in [4.69, 9.17) is 4.74 Å². The molecule has 3 nitrogen and oxygen atoms in total. The van der Waals surface area contributed by atoms with Crippen LogP contribution in [0.2, 0.25) is 0 Å². The van der Waals surface area contributed by atoms with Gasteiger partial charge in [0.2, 0.25) is 0 Å². The molecule has 1 heterocycles. The van der Waals surface area contributed by atoms with E-state index in [0.29, 0.717) is 0 Å². The number of aromatic nitrogens is 1. The van der Waals surface area contributed by atoms with Crippen LogP contribution in [0.15, 0.2) is 36.5 Å². The number of likely N-dealkylation sites (N-methyl/N-ethyl adjacent to an activating group) is 1. The van der Waals surface area contributed by atoms with E-state index in [9.17, 15) is 0 Å². The van der Waals surface area contributed by atoms with Crippen molar-refractivity contribution in [3.63, 3.8) is 0 Å². The third kappa shape index (κ3) is 3.17. The van der Waals surface area contributed by atoms with Gasteiger partial charge in [0.05, 0.1) is 18.8 Å². The fourth-order valence-corrected chi connectivity index (χ4v) is 2.48. The van der Waals surface area contributed by atoms with Gasteiger partial charge in [-0.05, 0) is 50.6 Å². The predicted molar refractivity (Wildman–Crippen MR) is 82.2 cm³/mol. The number of rotatable bonds is 5. The molecular formula is C17H22N2O. The highest BCUT2D eigenvalue weighted by molar-refractivity contribution is 5.38. The minimum Gasteiger partial charge on any atom is -0.496 e. The van der Waals surface area contributed by atoms with Crippen molar-refractivity contribution in [3.05, 3.63) is 58.9 Å². The minimum absolute atomic E-state index is 0.187. The third-order valence-electron chi connectivity index (χ3n) is 3.59. The highest BCUT2D eigenvalue weighted by atomic mass is 16.5. The quantitative estimate of drug-likeness (QED) is 0.906. The monoisotopic (exact) mass is 270 g/mol. The molecule has 20 heavy (non-hydrogen) atoms. The average Bonchev–Trinajstić information content (AvgIpc) is 2.46. The lowest BCUT2D eigenvalue weighted by atomic mass is 9.98. The Hall–Kier alpha value is -1.87. The molecule has 0 bridgehead atoms. The Balaban J connectivity index is 2.31. The second-order valence-electron chi connectivity index (χ2n) is 5.07. The van der Waals surface area contributed by atoms with Crippen molar-refractivity contribution >= 4 is 0 Å². The summed E-state index contributed by atoms with van der Waals surface area (Å²) < 4.78 is 5.46. The summed E-state index contributed by atoms with van der Waals surface area (Å²) in [5, 5.41) is 3.36. The number of methoxy groups -OCH3 is 1. The van der Waals surface area contributed by atoms with Crippen LogP contribution in [0.3, 0.4) is 0 Å². The second-order valence-corrected chi connectivity index (χ2v) is 5.07. The molecule has 0 fully saturated rings. The zero-order valence-electron chi connectivity index (χ0n) is 12.6. The molecule has 0 amide bonds. The largest absolute Gasteiger partial charge is 0.496 e. The Morgan fingerprint density at radius 3 is 2.70 bits per heavy atom. The smallest absolute Gasteiger partial charge is 0.122 e. The van der Waals surface area contributed by atoms with Gasteiger partial charge >= 0.3 is 0 Å². The number of nitrogens with one attached hydrogen (secondary N) is 1.